The molecule has 2 heterocycles. The number of rotatable bonds is 3. The summed E-state index contributed by atoms with van der Waals surface area (Å²) in [6, 6.07) is 6.90. The lowest BCUT2D eigenvalue weighted by atomic mass is 10.2. The van der Waals surface area contributed by atoms with E-state index in [4.69, 9.17) is 0 Å². The number of hydrogen-bond acceptors (Lipinski definition) is 4. The lowest BCUT2D eigenvalue weighted by Crippen LogP contribution is -2.36. The first-order valence-electron chi connectivity index (χ1n) is 8.19. The number of aryl methyl sites for hydroxylation is 1. The molecule has 0 atom stereocenters. The molecule has 25 heavy (non-hydrogen) atoms. The molecule has 1 aliphatic rings. The molecule has 1 aromatic carbocycles. The molecule has 3 rings (SSSR count). The molecule has 0 bridgehead atoms. The number of aromatic nitrogens is 2. The molecule has 1 saturated heterocycles. The van der Waals surface area contributed by atoms with Gasteiger partial charge < -0.3 is 0 Å². The lowest BCUT2D eigenvalue weighted by molar-refractivity contribution is 0.0942. The first-order valence-corrected chi connectivity index (χ1v) is 10.4. The Kier molecular flexibility index (Phi) is 5.13. The van der Waals surface area contributed by atoms with Crippen LogP contribution in [0.25, 0.3) is 0 Å². The van der Waals surface area contributed by atoms with Gasteiger partial charge >= 0.3 is 0 Å². The fraction of sp³-hybridized carbons (Fsp3) is 0.412. The second-order valence-corrected chi connectivity index (χ2v) is 8.98. The molecule has 0 N–H and O–H groups in total. The van der Waals surface area contributed by atoms with Gasteiger partial charge in [-0.3, -0.25) is 4.79 Å². The van der Waals surface area contributed by atoms with E-state index in [1.165, 1.54) is 8.99 Å². The quantitative estimate of drug-likeness (QED) is 0.756. The normalized spacial score (nSPS) is 16.1. The van der Waals surface area contributed by atoms with Gasteiger partial charge in [-0.05, 0) is 51.0 Å². The van der Waals surface area contributed by atoms with Gasteiger partial charge in [0.25, 0.3) is 5.91 Å². The Morgan fingerprint density at radius 2 is 1.68 bits per heavy atom. The molecule has 1 aromatic heterocycles. The van der Waals surface area contributed by atoms with Crippen LogP contribution >= 0.6 is 15.9 Å². The highest BCUT2D eigenvalue weighted by Crippen LogP contribution is 2.26. The van der Waals surface area contributed by atoms with E-state index in [1.807, 2.05) is 0 Å². The summed E-state index contributed by atoms with van der Waals surface area (Å²) in [5.41, 5.74) is 1.17. The largest absolute Gasteiger partial charge is 0.278 e. The van der Waals surface area contributed by atoms with E-state index < -0.39 is 10.0 Å². The number of halogens is 1. The van der Waals surface area contributed by atoms with Crippen LogP contribution in [0.4, 0.5) is 0 Å². The molecule has 8 heteroatoms. The van der Waals surface area contributed by atoms with Crippen molar-refractivity contribution in [1.82, 2.24) is 14.1 Å². The van der Waals surface area contributed by atoms with Gasteiger partial charge in [-0.15, -0.1) is 0 Å². The van der Waals surface area contributed by atoms with Crippen LogP contribution in [-0.2, 0) is 10.0 Å². The summed E-state index contributed by atoms with van der Waals surface area (Å²) in [7, 11) is -3.63. The molecule has 0 spiro atoms. The van der Waals surface area contributed by atoms with Crippen molar-refractivity contribution in [3.63, 3.8) is 0 Å². The third-order valence-electron chi connectivity index (χ3n) is 4.42. The molecule has 134 valence electrons. The van der Waals surface area contributed by atoms with Crippen LogP contribution in [0.15, 0.2) is 33.6 Å². The summed E-state index contributed by atoms with van der Waals surface area (Å²) < 4.78 is 29.6. The molecule has 1 fully saturated rings. The monoisotopic (exact) mass is 425 g/mol. The van der Waals surface area contributed by atoms with E-state index in [0.717, 1.165) is 23.7 Å². The minimum absolute atomic E-state index is 0.153. The minimum Gasteiger partial charge on any atom is -0.267 e. The predicted octanol–water partition coefficient (Wildman–Crippen LogP) is 3.13. The van der Waals surface area contributed by atoms with Crippen molar-refractivity contribution in [2.45, 2.75) is 38.0 Å². The van der Waals surface area contributed by atoms with Crippen molar-refractivity contribution in [2.75, 3.05) is 13.1 Å². The Hall–Kier alpha value is -1.51. The van der Waals surface area contributed by atoms with Crippen LogP contribution in [0.5, 0.6) is 0 Å². The predicted molar refractivity (Wildman–Crippen MR) is 98.2 cm³/mol. The highest BCUT2D eigenvalue weighted by molar-refractivity contribution is 9.10. The summed E-state index contributed by atoms with van der Waals surface area (Å²) in [5, 5.41) is 4.22. The molecule has 0 saturated carbocycles. The van der Waals surface area contributed by atoms with Gasteiger partial charge in [-0.25, -0.2) is 8.42 Å². The Bertz CT molecular complexity index is 898. The van der Waals surface area contributed by atoms with Gasteiger partial charge in [0.1, 0.15) is 4.90 Å². The van der Waals surface area contributed by atoms with Crippen LogP contribution in [-0.4, -0.2) is 41.5 Å². The Labute approximate surface area is 156 Å². The smallest absolute Gasteiger partial charge is 0.267 e. The van der Waals surface area contributed by atoms with Crippen molar-refractivity contribution in [2.24, 2.45) is 0 Å². The number of carbonyl (C=O) groups is 1. The van der Waals surface area contributed by atoms with E-state index >= 15 is 0 Å². The van der Waals surface area contributed by atoms with E-state index in [0.29, 0.717) is 30.0 Å². The number of hydrogen-bond donors (Lipinski definition) is 0. The molecule has 2 aromatic rings. The van der Waals surface area contributed by atoms with Gasteiger partial charge in [0.2, 0.25) is 10.0 Å². The number of nitrogens with zero attached hydrogens (tertiary/aromatic N) is 3. The minimum atomic E-state index is -3.63. The van der Waals surface area contributed by atoms with Crippen LogP contribution < -0.4 is 0 Å². The maximum absolute atomic E-state index is 13.0. The molecule has 0 unspecified atom stereocenters. The van der Waals surface area contributed by atoms with Gasteiger partial charge in [0, 0.05) is 23.1 Å². The third kappa shape index (κ3) is 3.43. The maximum atomic E-state index is 13.0. The van der Waals surface area contributed by atoms with Gasteiger partial charge in [0.15, 0.2) is 0 Å². The Balaban J connectivity index is 2.01. The van der Waals surface area contributed by atoms with Gasteiger partial charge in [-0.2, -0.15) is 14.1 Å². The van der Waals surface area contributed by atoms with E-state index in [1.54, 1.807) is 38.1 Å². The first-order chi connectivity index (χ1) is 11.8. The number of sulfonamides is 1. The highest BCUT2D eigenvalue weighted by Gasteiger charge is 2.32. The zero-order valence-corrected chi connectivity index (χ0v) is 16.6. The maximum Gasteiger partial charge on any atom is 0.278 e. The van der Waals surface area contributed by atoms with Gasteiger partial charge in [0.05, 0.1) is 11.4 Å². The van der Waals surface area contributed by atoms with E-state index in [2.05, 4.69) is 21.0 Å². The zero-order chi connectivity index (χ0) is 18.2. The molecule has 0 amide bonds. The second-order valence-electron chi connectivity index (χ2n) is 6.19. The van der Waals surface area contributed by atoms with E-state index in [9.17, 15) is 13.2 Å². The second kappa shape index (κ2) is 7.01. The van der Waals surface area contributed by atoms with Crippen molar-refractivity contribution in [3.8, 4) is 0 Å². The van der Waals surface area contributed by atoms with Gasteiger partial charge in [-0.1, -0.05) is 22.4 Å². The van der Waals surface area contributed by atoms with Crippen LogP contribution in [0, 0.1) is 13.8 Å². The molecule has 0 aliphatic carbocycles. The molecular formula is C17H20BrN3O3S. The molecular weight excluding hydrogens is 406 g/mol. The van der Waals surface area contributed by atoms with Crippen LogP contribution in [0.2, 0.25) is 0 Å². The summed E-state index contributed by atoms with van der Waals surface area (Å²) in [6.07, 6.45) is 2.78. The molecule has 1 aliphatic heterocycles. The topological polar surface area (TPSA) is 72.3 Å². The third-order valence-corrected chi connectivity index (χ3v) is 7.10. The van der Waals surface area contributed by atoms with Crippen molar-refractivity contribution < 1.29 is 13.2 Å². The first kappa shape index (κ1) is 18.3. The van der Waals surface area contributed by atoms with Crippen LogP contribution in [0.1, 0.15) is 41.0 Å². The Morgan fingerprint density at radius 3 is 2.28 bits per heavy atom. The average molecular weight is 426 g/mol. The van der Waals surface area contributed by atoms with E-state index in [-0.39, 0.29) is 10.8 Å². The fourth-order valence-electron chi connectivity index (χ4n) is 3.15. The number of benzene rings is 1. The number of piperidine rings is 1. The zero-order valence-electron chi connectivity index (χ0n) is 14.2. The fourth-order valence-corrected chi connectivity index (χ4v) is 5.28. The summed E-state index contributed by atoms with van der Waals surface area (Å²) in [6.45, 7) is 4.31. The van der Waals surface area contributed by atoms with Crippen molar-refractivity contribution in [3.05, 3.63) is 45.7 Å². The van der Waals surface area contributed by atoms with Crippen LogP contribution in [0.3, 0.4) is 0 Å². The summed E-state index contributed by atoms with van der Waals surface area (Å²) in [4.78, 5) is 12.9. The van der Waals surface area contributed by atoms with Crippen molar-refractivity contribution in [1.29, 1.82) is 0 Å². The standard InChI is InChI=1S/C17H20BrN3O3S/c1-12-16(25(23,24)20-10-4-3-5-11-20)13(2)21(19-12)17(22)14-6-8-15(18)9-7-14/h6-9H,3-5,10-11H2,1-2H3. The highest BCUT2D eigenvalue weighted by atomic mass is 79.9. The van der Waals surface area contributed by atoms with Crippen molar-refractivity contribution >= 4 is 31.9 Å². The molecule has 6 nitrogen and oxygen atoms in total. The summed E-state index contributed by atoms with van der Waals surface area (Å²) >= 11 is 3.33. The Morgan fingerprint density at radius 1 is 1.08 bits per heavy atom. The molecule has 0 radical (unpaired) electrons. The SMILES string of the molecule is Cc1nn(C(=O)c2ccc(Br)cc2)c(C)c1S(=O)(=O)N1CCCCC1. The average Bonchev–Trinajstić information content (AvgIpc) is 2.90. The summed E-state index contributed by atoms with van der Waals surface area (Å²) in [5.74, 6) is -0.340. The lowest BCUT2D eigenvalue weighted by Gasteiger charge is -2.25. The number of carbonyl (C=O) groups excluding carboxylic acids is 1.